The lowest BCUT2D eigenvalue weighted by atomic mass is 9.99. The Morgan fingerprint density at radius 1 is 1.00 bits per heavy atom. The number of hydrazine groups is 2. The molecule has 0 saturated heterocycles. The van der Waals surface area contributed by atoms with Crippen LogP contribution in [0, 0.1) is 0 Å². The Hall–Kier alpha value is -2.54. The molecule has 0 spiro atoms. The van der Waals surface area contributed by atoms with Crippen molar-refractivity contribution in [2.75, 3.05) is 35.4 Å². The molecule has 0 amide bonds. The van der Waals surface area contributed by atoms with E-state index >= 15 is 0 Å². The van der Waals surface area contributed by atoms with Gasteiger partial charge in [-0.15, -0.1) is 24.8 Å². The summed E-state index contributed by atoms with van der Waals surface area (Å²) in [7, 11) is 3.55. The predicted octanol–water partition coefficient (Wildman–Crippen LogP) is 4.93. The lowest BCUT2D eigenvalue weighted by Crippen LogP contribution is -2.29. The third kappa shape index (κ3) is 3.58. The first-order valence-corrected chi connectivity index (χ1v) is 8.63. The van der Waals surface area contributed by atoms with Gasteiger partial charge in [0.15, 0.2) is 0 Å². The Morgan fingerprint density at radius 3 is 2.25 bits per heavy atom. The van der Waals surface area contributed by atoms with Gasteiger partial charge in [0.25, 0.3) is 0 Å². The van der Waals surface area contributed by atoms with Gasteiger partial charge in [0.05, 0.1) is 29.9 Å². The number of nitrogens with zero attached hydrogens (tertiary/aromatic N) is 1. The van der Waals surface area contributed by atoms with Gasteiger partial charge < -0.3 is 15.8 Å². The monoisotopic (exact) mass is 421 g/mol. The van der Waals surface area contributed by atoms with Crippen LogP contribution in [-0.2, 0) is 0 Å². The van der Waals surface area contributed by atoms with Crippen molar-refractivity contribution in [3.63, 3.8) is 0 Å². The molecule has 150 valence electrons. The van der Waals surface area contributed by atoms with Crippen LogP contribution in [0.3, 0.4) is 0 Å². The van der Waals surface area contributed by atoms with E-state index in [1.54, 1.807) is 7.11 Å². The molecule has 1 atom stereocenters. The van der Waals surface area contributed by atoms with Gasteiger partial charge in [-0.2, -0.15) is 5.12 Å². The molecule has 0 aliphatic carbocycles. The summed E-state index contributed by atoms with van der Waals surface area (Å²) in [6, 6.07) is 16.5. The van der Waals surface area contributed by atoms with Crippen LogP contribution in [0.15, 0.2) is 48.5 Å². The third-order valence-corrected chi connectivity index (χ3v) is 4.74. The second-order valence-electron chi connectivity index (χ2n) is 6.42. The molecular formula is C20H25Cl2N5O. The van der Waals surface area contributed by atoms with E-state index in [9.17, 15) is 0 Å². The molecule has 1 aliphatic rings. The molecular weight excluding hydrogens is 397 g/mol. The van der Waals surface area contributed by atoms with E-state index < -0.39 is 0 Å². The van der Waals surface area contributed by atoms with Gasteiger partial charge >= 0.3 is 0 Å². The van der Waals surface area contributed by atoms with E-state index in [0.29, 0.717) is 0 Å². The maximum absolute atomic E-state index is 6.15. The molecule has 0 fully saturated rings. The largest absolute Gasteiger partial charge is 0.495 e. The Balaban J connectivity index is 0.00000140. The molecule has 0 bridgehead atoms. The smallest absolute Gasteiger partial charge is 0.144 e. The molecule has 3 aromatic carbocycles. The number of ether oxygens (including phenoxy) is 1. The fourth-order valence-electron chi connectivity index (χ4n) is 3.42. The van der Waals surface area contributed by atoms with Crippen molar-refractivity contribution in [2.45, 2.75) is 13.0 Å². The first-order chi connectivity index (χ1) is 12.6. The molecule has 0 saturated carbocycles. The van der Waals surface area contributed by atoms with Crippen molar-refractivity contribution in [1.82, 2.24) is 0 Å². The fourth-order valence-corrected chi connectivity index (χ4v) is 3.42. The Labute approximate surface area is 177 Å². The number of rotatable bonds is 4. The number of methoxy groups -OCH3 is 1. The van der Waals surface area contributed by atoms with E-state index in [4.69, 9.17) is 10.5 Å². The lowest BCUT2D eigenvalue weighted by molar-refractivity contribution is 0.417. The maximum atomic E-state index is 6.15. The molecule has 0 radical (unpaired) electrons. The highest BCUT2D eigenvalue weighted by molar-refractivity contribution is 5.99. The van der Waals surface area contributed by atoms with Gasteiger partial charge in [0.2, 0.25) is 0 Å². The first kappa shape index (κ1) is 21.8. The zero-order valence-corrected chi connectivity index (χ0v) is 17.6. The van der Waals surface area contributed by atoms with Gasteiger partial charge in [-0.1, -0.05) is 30.3 Å². The minimum absolute atomic E-state index is 0. The second kappa shape index (κ2) is 8.65. The van der Waals surface area contributed by atoms with Crippen molar-refractivity contribution in [3.05, 3.63) is 54.1 Å². The zero-order valence-electron chi connectivity index (χ0n) is 15.9. The number of anilines is 4. The highest BCUT2D eigenvalue weighted by atomic mass is 35.5. The van der Waals surface area contributed by atoms with Crippen LogP contribution in [0.5, 0.6) is 5.75 Å². The quantitative estimate of drug-likeness (QED) is 0.478. The number of nitrogens with one attached hydrogen (secondary N) is 3. The van der Waals surface area contributed by atoms with Crippen LogP contribution in [-0.4, -0.2) is 14.2 Å². The van der Waals surface area contributed by atoms with Crippen molar-refractivity contribution < 1.29 is 4.74 Å². The summed E-state index contributed by atoms with van der Waals surface area (Å²) in [6.07, 6.45) is 0. The van der Waals surface area contributed by atoms with Crippen LogP contribution in [0.1, 0.15) is 18.5 Å². The number of nitrogens with two attached hydrogens (primary N) is 1. The second-order valence-corrected chi connectivity index (χ2v) is 6.42. The van der Waals surface area contributed by atoms with Crippen LogP contribution in [0.4, 0.5) is 22.7 Å². The molecule has 1 unspecified atom stereocenters. The van der Waals surface area contributed by atoms with Crippen LogP contribution >= 0.6 is 24.8 Å². The Morgan fingerprint density at radius 2 is 1.64 bits per heavy atom. The summed E-state index contributed by atoms with van der Waals surface area (Å²) in [5, 5.41) is 7.38. The predicted molar refractivity (Wildman–Crippen MR) is 123 cm³/mol. The van der Waals surface area contributed by atoms with Crippen LogP contribution in [0.25, 0.3) is 10.8 Å². The van der Waals surface area contributed by atoms with E-state index in [1.165, 1.54) is 0 Å². The highest BCUT2D eigenvalue weighted by Crippen LogP contribution is 2.41. The molecule has 4 rings (SSSR count). The minimum Gasteiger partial charge on any atom is -0.495 e. The van der Waals surface area contributed by atoms with Gasteiger partial charge in [-0.25, -0.2) is 0 Å². The fraction of sp³-hybridized carbons (Fsp3) is 0.200. The van der Waals surface area contributed by atoms with E-state index in [0.717, 1.165) is 44.8 Å². The van der Waals surface area contributed by atoms with Crippen LogP contribution in [0.2, 0.25) is 0 Å². The Kier molecular flexibility index (Phi) is 6.72. The average Bonchev–Trinajstić information content (AvgIpc) is 3.08. The summed E-state index contributed by atoms with van der Waals surface area (Å²) in [5.41, 5.74) is 18.0. The summed E-state index contributed by atoms with van der Waals surface area (Å²) < 4.78 is 5.45. The maximum Gasteiger partial charge on any atom is 0.144 e. The SMILES string of the molecule is CNc1cc2c(cc1OC)NN(c1ccc(C(C)N)c3ccccc13)N2.Cl.Cl. The Bertz CT molecular complexity index is 947. The number of fused-ring (bicyclic) bond motifs is 2. The number of halogens is 2. The van der Waals surface area contributed by atoms with Crippen LogP contribution < -0.4 is 31.8 Å². The topological polar surface area (TPSA) is 74.6 Å². The van der Waals surface area contributed by atoms with E-state index in [-0.39, 0.29) is 30.9 Å². The summed E-state index contributed by atoms with van der Waals surface area (Å²) in [6.45, 7) is 2.01. The van der Waals surface area contributed by atoms with Gasteiger partial charge in [0, 0.05) is 24.5 Å². The lowest BCUT2D eigenvalue weighted by Gasteiger charge is -2.22. The van der Waals surface area contributed by atoms with Crippen molar-refractivity contribution >= 4 is 58.3 Å². The highest BCUT2D eigenvalue weighted by Gasteiger charge is 2.22. The summed E-state index contributed by atoms with van der Waals surface area (Å²) in [4.78, 5) is 0. The van der Waals surface area contributed by atoms with Gasteiger partial charge in [-0.05, 0) is 30.0 Å². The molecule has 0 aromatic heterocycles. The summed E-state index contributed by atoms with van der Waals surface area (Å²) >= 11 is 0. The number of hydrogen-bond donors (Lipinski definition) is 4. The van der Waals surface area contributed by atoms with E-state index in [2.05, 4.69) is 40.4 Å². The van der Waals surface area contributed by atoms with Crippen molar-refractivity contribution in [1.29, 1.82) is 0 Å². The number of benzene rings is 3. The molecule has 8 heteroatoms. The van der Waals surface area contributed by atoms with Gasteiger partial charge in [0.1, 0.15) is 5.75 Å². The normalized spacial score (nSPS) is 12.8. The molecule has 28 heavy (non-hydrogen) atoms. The minimum atomic E-state index is -0.0203. The molecule has 3 aromatic rings. The number of hydrogen-bond acceptors (Lipinski definition) is 6. The zero-order chi connectivity index (χ0) is 18.3. The molecule has 1 heterocycles. The van der Waals surface area contributed by atoms with Crippen molar-refractivity contribution in [2.24, 2.45) is 5.73 Å². The van der Waals surface area contributed by atoms with E-state index in [1.807, 2.05) is 43.4 Å². The molecule has 5 N–H and O–H groups in total. The molecule has 1 aliphatic heterocycles. The van der Waals surface area contributed by atoms with Crippen molar-refractivity contribution in [3.8, 4) is 5.75 Å². The van der Waals surface area contributed by atoms with Gasteiger partial charge in [-0.3, -0.25) is 10.9 Å². The standard InChI is InChI=1S/C20H23N5O.2ClH/c1-12(21)13-8-9-19(15-7-5-4-6-14(13)15)25-23-16-10-18(22-2)20(26-3)11-17(16)24-25;;/h4-12,22-24H,21H2,1-3H3;2*1H. The first-order valence-electron chi connectivity index (χ1n) is 8.63. The third-order valence-electron chi connectivity index (χ3n) is 4.74. The summed E-state index contributed by atoms with van der Waals surface area (Å²) in [5.74, 6) is 0.791. The molecule has 6 nitrogen and oxygen atoms in total. The average molecular weight is 422 g/mol.